The number of phenols is 1. The van der Waals surface area contributed by atoms with Crippen molar-refractivity contribution in [2.75, 3.05) is 0 Å². The summed E-state index contributed by atoms with van der Waals surface area (Å²) in [6, 6.07) is 5.63. The molecule has 1 saturated carbocycles. The molecule has 0 aliphatic heterocycles. The zero-order valence-electron chi connectivity index (χ0n) is 8.62. The van der Waals surface area contributed by atoms with Crippen LogP contribution in [0.5, 0.6) is 5.75 Å². The highest BCUT2D eigenvalue weighted by molar-refractivity contribution is 5.46. The molecule has 76 valence electrons. The van der Waals surface area contributed by atoms with Crippen LogP contribution in [0.15, 0.2) is 18.2 Å². The van der Waals surface area contributed by atoms with Gasteiger partial charge in [0.25, 0.3) is 0 Å². The SMILES string of the molecule is CC(C)c1cccc(C2(O)CC2)c1O. The van der Waals surface area contributed by atoms with Crippen LogP contribution in [0.25, 0.3) is 0 Å². The minimum Gasteiger partial charge on any atom is -0.507 e. The number of para-hydroxylation sites is 1. The number of benzene rings is 1. The lowest BCUT2D eigenvalue weighted by atomic mass is 9.96. The second-order valence-electron chi connectivity index (χ2n) is 4.43. The van der Waals surface area contributed by atoms with E-state index in [9.17, 15) is 10.2 Å². The topological polar surface area (TPSA) is 40.5 Å². The van der Waals surface area contributed by atoms with Gasteiger partial charge in [0, 0.05) is 5.56 Å². The zero-order chi connectivity index (χ0) is 10.3. The van der Waals surface area contributed by atoms with Crippen LogP contribution in [0.4, 0.5) is 0 Å². The smallest absolute Gasteiger partial charge is 0.125 e. The van der Waals surface area contributed by atoms with Gasteiger partial charge in [0.2, 0.25) is 0 Å². The summed E-state index contributed by atoms with van der Waals surface area (Å²) in [7, 11) is 0. The van der Waals surface area contributed by atoms with Gasteiger partial charge in [-0.1, -0.05) is 32.0 Å². The van der Waals surface area contributed by atoms with E-state index in [1.54, 1.807) is 0 Å². The molecule has 0 amide bonds. The Bertz CT molecular complexity index is 351. The van der Waals surface area contributed by atoms with Gasteiger partial charge in [-0.05, 0) is 24.3 Å². The second kappa shape index (κ2) is 2.99. The molecule has 1 aliphatic rings. The molecule has 0 spiro atoms. The zero-order valence-corrected chi connectivity index (χ0v) is 8.62. The standard InChI is InChI=1S/C12H16O2/c1-8(2)9-4-3-5-10(11(9)13)12(14)6-7-12/h3-5,8,13-14H,6-7H2,1-2H3. The third-order valence-corrected chi connectivity index (χ3v) is 2.91. The highest BCUT2D eigenvalue weighted by atomic mass is 16.3. The van der Waals surface area contributed by atoms with Crippen LogP contribution in [0.2, 0.25) is 0 Å². The lowest BCUT2D eigenvalue weighted by Crippen LogP contribution is -2.05. The van der Waals surface area contributed by atoms with Crippen LogP contribution in [0, 0.1) is 0 Å². The molecule has 0 saturated heterocycles. The molecule has 1 fully saturated rings. The third kappa shape index (κ3) is 1.40. The minimum absolute atomic E-state index is 0.280. The highest BCUT2D eigenvalue weighted by Crippen LogP contribution is 2.49. The molecule has 2 nitrogen and oxygen atoms in total. The molecule has 0 atom stereocenters. The Balaban J connectivity index is 2.47. The largest absolute Gasteiger partial charge is 0.507 e. The lowest BCUT2D eigenvalue weighted by molar-refractivity contribution is 0.147. The molecule has 2 rings (SSSR count). The highest BCUT2D eigenvalue weighted by Gasteiger charge is 2.44. The first-order valence-electron chi connectivity index (χ1n) is 5.09. The average molecular weight is 192 g/mol. The molecule has 0 unspecified atom stereocenters. The number of aromatic hydroxyl groups is 1. The summed E-state index contributed by atoms with van der Waals surface area (Å²) in [5, 5.41) is 19.9. The molecule has 0 radical (unpaired) electrons. The fourth-order valence-electron chi connectivity index (χ4n) is 1.79. The van der Waals surface area contributed by atoms with Gasteiger partial charge in [-0.3, -0.25) is 0 Å². The maximum Gasteiger partial charge on any atom is 0.125 e. The Morgan fingerprint density at radius 1 is 1.29 bits per heavy atom. The van der Waals surface area contributed by atoms with Crippen molar-refractivity contribution in [3.05, 3.63) is 29.3 Å². The van der Waals surface area contributed by atoms with E-state index in [-0.39, 0.29) is 11.7 Å². The third-order valence-electron chi connectivity index (χ3n) is 2.91. The van der Waals surface area contributed by atoms with Gasteiger partial charge in [-0.25, -0.2) is 0 Å². The van der Waals surface area contributed by atoms with Crippen LogP contribution in [0.1, 0.15) is 43.7 Å². The van der Waals surface area contributed by atoms with Gasteiger partial charge in [-0.2, -0.15) is 0 Å². The maximum absolute atomic E-state index is 9.97. The molecule has 0 bridgehead atoms. The van der Waals surface area contributed by atoms with Crippen LogP contribution in [-0.2, 0) is 5.60 Å². The second-order valence-corrected chi connectivity index (χ2v) is 4.43. The van der Waals surface area contributed by atoms with Gasteiger partial charge < -0.3 is 10.2 Å². The molecule has 2 heteroatoms. The van der Waals surface area contributed by atoms with E-state index in [4.69, 9.17) is 0 Å². The fourth-order valence-corrected chi connectivity index (χ4v) is 1.79. The number of hydrogen-bond donors (Lipinski definition) is 2. The first kappa shape index (κ1) is 9.53. The van der Waals surface area contributed by atoms with Crippen molar-refractivity contribution < 1.29 is 10.2 Å². The Morgan fingerprint density at radius 2 is 1.93 bits per heavy atom. The summed E-state index contributed by atoms with van der Waals surface area (Å²) in [5.74, 6) is 0.569. The van der Waals surface area contributed by atoms with E-state index < -0.39 is 5.60 Å². The van der Waals surface area contributed by atoms with E-state index in [1.807, 2.05) is 32.0 Å². The molecule has 0 aromatic heterocycles. The van der Waals surface area contributed by atoms with Crippen LogP contribution in [-0.4, -0.2) is 10.2 Å². The number of aliphatic hydroxyl groups is 1. The summed E-state index contributed by atoms with van der Waals surface area (Å²) in [4.78, 5) is 0. The summed E-state index contributed by atoms with van der Waals surface area (Å²) in [6.45, 7) is 4.07. The minimum atomic E-state index is -0.741. The van der Waals surface area contributed by atoms with Crippen molar-refractivity contribution in [3.63, 3.8) is 0 Å². The molecule has 14 heavy (non-hydrogen) atoms. The van der Waals surface area contributed by atoms with Crippen molar-refractivity contribution in [1.29, 1.82) is 0 Å². The molecule has 1 aliphatic carbocycles. The summed E-state index contributed by atoms with van der Waals surface area (Å²) < 4.78 is 0. The van der Waals surface area contributed by atoms with Crippen molar-refractivity contribution >= 4 is 0 Å². The predicted molar refractivity (Wildman–Crippen MR) is 55.3 cm³/mol. The van der Waals surface area contributed by atoms with Crippen molar-refractivity contribution in [2.45, 2.75) is 38.2 Å². The van der Waals surface area contributed by atoms with E-state index in [0.717, 1.165) is 18.4 Å². The van der Waals surface area contributed by atoms with Crippen LogP contribution >= 0.6 is 0 Å². The van der Waals surface area contributed by atoms with Gasteiger partial charge in [0.15, 0.2) is 0 Å². The van der Waals surface area contributed by atoms with E-state index in [0.29, 0.717) is 5.56 Å². The van der Waals surface area contributed by atoms with Crippen LogP contribution < -0.4 is 0 Å². The molecular weight excluding hydrogens is 176 g/mol. The summed E-state index contributed by atoms with van der Waals surface area (Å²) in [5.41, 5.74) is 0.876. The van der Waals surface area contributed by atoms with Crippen molar-refractivity contribution in [2.24, 2.45) is 0 Å². The quantitative estimate of drug-likeness (QED) is 0.755. The van der Waals surface area contributed by atoms with Gasteiger partial charge in [-0.15, -0.1) is 0 Å². The fraction of sp³-hybridized carbons (Fsp3) is 0.500. The van der Waals surface area contributed by atoms with Crippen molar-refractivity contribution in [3.8, 4) is 5.75 Å². The van der Waals surface area contributed by atoms with Crippen LogP contribution in [0.3, 0.4) is 0 Å². The lowest BCUT2D eigenvalue weighted by Gasteiger charge is -2.15. The monoisotopic (exact) mass is 192 g/mol. The number of phenolic OH excluding ortho intramolecular Hbond substituents is 1. The van der Waals surface area contributed by atoms with Gasteiger partial charge >= 0.3 is 0 Å². The Labute approximate surface area is 84.2 Å². The Morgan fingerprint density at radius 3 is 2.43 bits per heavy atom. The normalized spacial score (nSPS) is 18.6. The van der Waals surface area contributed by atoms with E-state index >= 15 is 0 Å². The molecule has 0 heterocycles. The molecule has 1 aromatic carbocycles. The van der Waals surface area contributed by atoms with E-state index in [1.165, 1.54) is 0 Å². The average Bonchev–Trinajstić information content (AvgIpc) is 2.84. The molecule has 2 N–H and O–H groups in total. The molecular formula is C12H16O2. The van der Waals surface area contributed by atoms with Gasteiger partial charge in [0.05, 0.1) is 5.60 Å². The van der Waals surface area contributed by atoms with Crippen molar-refractivity contribution in [1.82, 2.24) is 0 Å². The summed E-state index contributed by atoms with van der Waals surface area (Å²) in [6.07, 6.45) is 1.53. The number of hydrogen-bond acceptors (Lipinski definition) is 2. The van der Waals surface area contributed by atoms with E-state index in [2.05, 4.69) is 0 Å². The Hall–Kier alpha value is -1.02. The first-order chi connectivity index (χ1) is 6.54. The number of rotatable bonds is 2. The van der Waals surface area contributed by atoms with Gasteiger partial charge in [0.1, 0.15) is 5.75 Å². The Kier molecular flexibility index (Phi) is 2.04. The molecule has 1 aromatic rings. The maximum atomic E-state index is 9.97. The summed E-state index contributed by atoms with van der Waals surface area (Å²) >= 11 is 0. The first-order valence-corrected chi connectivity index (χ1v) is 5.09. The predicted octanol–water partition coefficient (Wildman–Crippen LogP) is 2.50.